The first-order valence-corrected chi connectivity index (χ1v) is 36.7. The van der Waals surface area contributed by atoms with Gasteiger partial charge in [-0.25, -0.2) is 0 Å². The van der Waals surface area contributed by atoms with Crippen LogP contribution in [0, 0.1) is 0 Å². The van der Waals surface area contributed by atoms with E-state index in [2.05, 4.69) is 72.8 Å². The Morgan fingerprint density at radius 1 is 0.135 bits per heavy atom. The van der Waals surface area contributed by atoms with E-state index in [1.807, 2.05) is 218 Å². The molecule has 0 unspecified atom stereocenters. The Morgan fingerprint density at radius 2 is 0.213 bits per heavy atom. The van der Waals surface area contributed by atoms with Crippen molar-refractivity contribution in [2.75, 3.05) is 0 Å². The maximum atomic E-state index is 6.18. The van der Waals surface area contributed by atoms with Gasteiger partial charge in [-0.1, -0.05) is 285 Å². The Balaban J connectivity index is 0.000000153. The van der Waals surface area contributed by atoms with Gasteiger partial charge in [-0.3, -0.25) is 0 Å². The van der Waals surface area contributed by atoms with E-state index in [-0.39, 0.29) is 16.5 Å². The molecule has 0 spiro atoms. The summed E-state index contributed by atoms with van der Waals surface area (Å²) in [5, 5.41) is 22.8. The molecule has 0 saturated carbocycles. The molecule has 0 bridgehead atoms. The van der Waals surface area contributed by atoms with E-state index < -0.39 is 31.7 Å². The van der Waals surface area contributed by atoms with Gasteiger partial charge in [0, 0.05) is 76.8 Å². The first-order valence-electron chi connectivity index (χ1n) is 26.8. The van der Waals surface area contributed by atoms with Crippen LogP contribution in [0.5, 0.6) is 0 Å². The van der Waals surface area contributed by atoms with Crippen molar-refractivity contribution in [2.24, 2.45) is 0 Å². The van der Waals surface area contributed by atoms with Crippen molar-refractivity contribution in [1.29, 1.82) is 0 Å². The van der Waals surface area contributed by atoms with Crippen molar-refractivity contribution in [3.63, 3.8) is 0 Å². The molecule has 450 valence electrons. The van der Waals surface area contributed by atoms with Gasteiger partial charge in [0.2, 0.25) is 0 Å². The van der Waals surface area contributed by atoms with E-state index in [4.69, 9.17) is 139 Å². The number of hydrogen-bond acceptors (Lipinski definition) is 0. The van der Waals surface area contributed by atoms with Crippen LogP contribution in [0.2, 0.25) is 60.3 Å². The minimum Gasteiger partial charge on any atom is -0.0843 e. The third-order valence-electron chi connectivity index (χ3n) is 12.8. The summed E-state index contributed by atoms with van der Waals surface area (Å²) in [6.45, 7) is 0. The molecular formula is C72H48Cl12NiP4. The first-order chi connectivity index (χ1) is 42.5. The molecule has 0 heterocycles. The molecule has 0 radical (unpaired) electrons. The second-order valence-electron chi connectivity index (χ2n) is 19.1. The topological polar surface area (TPSA) is 0 Å². The van der Waals surface area contributed by atoms with Crippen LogP contribution in [0.4, 0.5) is 0 Å². The molecule has 0 saturated heterocycles. The molecule has 0 aliphatic carbocycles. The van der Waals surface area contributed by atoms with Gasteiger partial charge < -0.3 is 0 Å². The Bertz CT molecular complexity index is 3330. The molecule has 0 amide bonds. The largest absolute Gasteiger partial charge is 0.0843 e. The van der Waals surface area contributed by atoms with E-state index in [9.17, 15) is 0 Å². The molecule has 12 rings (SSSR count). The summed E-state index contributed by atoms with van der Waals surface area (Å²) in [6, 6.07) is 95.6. The number of rotatable bonds is 12. The van der Waals surface area contributed by atoms with Crippen LogP contribution in [0.3, 0.4) is 0 Å². The summed E-state index contributed by atoms with van der Waals surface area (Å²) in [5.41, 5.74) is 0. The van der Waals surface area contributed by atoms with Crippen molar-refractivity contribution in [3.05, 3.63) is 351 Å². The predicted octanol–water partition coefficient (Wildman–Crippen LogP) is 21.6. The Labute approximate surface area is 596 Å². The van der Waals surface area contributed by atoms with Crippen molar-refractivity contribution in [1.82, 2.24) is 0 Å². The molecule has 0 atom stereocenters. The van der Waals surface area contributed by atoms with Crippen LogP contribution < -0.4 is 63.7 Å². The smallest absolute Gasteiger partial charge is 0.0412 e. The molecule has 0 aliphatic heterocycles. The maximum absolute atomic E-state index is 6.18. The number of halogens is 12. The van der Waals surface area contributed by atoms with E-state index in [1.165, 1.54) is 63.7 Å². The second-order valence-corrected chi connectivity index (χ2v) is 33.2. The van der Waals surface area contributed by atoms with Gasteiger partial charge in [0.1, 0.15) is 0 Å². The van der Waals surface area contributed by atoms with Gasteiger partial charge in [-0.15, -0.1) is 0 Å². The summed E-state index contributed by atoms with van der Waals surface area (Å²) >= 11 is 74.2. The fourth-order valence-corrected chi connectivity index (χ4v) is 22.0. The summed E-state index contributed by atoms with van der Waals surface area (Å²) < 4.78 is 0. The zero-order valence-electron chi connectivity index (χ0n) is 46.4. The Kier molecular flexibility index (Phi) is 28.4. The molecule has 0 aliphatic rings. The fraction of sp³-hybridized carbons (Fsp3) is 0. The van der Waals surface area contributed by atoms with Gasteiger partial charge in [0.15, 0.2) is 0 Å². The van der Waals surface area contributed by atoms with Crippen LogP contribution in [-0.4, -0.2) is 0 Å². The average molecular weight is 1520 g/mol. The zero-order valence-corrected chi connectivity index (χ0v) is 60.0. The fourth-order valence-electron chi connectivity index (χ4n) is 9.17. The molecule has 12 aromatic rings. The standard InChI is InChI=1S/4C18H12Cl3P.Ni/c4*19-13-4-1-7-16(10-13)22(17-8-2-5-14(20)11-17)18-9-3-6-15(21)12-18;/h4*1-12H;. The quantitative estimate of drug-likeness (QED) is 0.0845. The van der Waals surface area contributed by atoms with Gasteiger partial charge in [-0.2, -0.15) is 0 Å². The van der Waals surface area contributed by atoms with Crippen molar-refractivity contribution in [2.45, 2.75) is 0 Å². The van der Waals surface area contributed by atoms with Gasteiger partial charge in [0.05, 0.1) is 0 Å². The maximum Gasteiger partial charge on any atom is 0.0412 e. The molecular weight excluding hydrogens is 1470 g/mol. The number of hydrogen-bond donors (Lipinski definition) is 0. The van der Waals surface area contributed by atoms with Crippen LogP contribution >= 0.6 is 171 Å². The van der Waals surface area contributed by atoms with Crippen LogP contribution in [0.25, 0.3) is 0 Å². The second kappa shape index (κ2) is 35.6. The third-order valence-corrected chi connectivity index (χ3v) is 25.2. The van der Waals surface area contributed by atoms with Crippen LogP contribution in [-0.2, 0) is 16.5 Å². The van der Waals surface area contributed by atoms with E-state index >= 15 is 0 Å². The molecule has 0 aromatic heterocycles. The van der Waals surface area contributed by atoms with E-state index in [0.717, 1.165) is 60.3 Å². The van der Waals surface area contributed by atoms with E-state index in [0.29, 0.717) is 0 Å². The van der Waals surface area contributed by atoms with Crippen molar-refractivity contribution in [3.8, 4) is 0 Å². The minimum atomic E-state index is -0.748. The van der Waals surface area contributed by atoms with Gasteiger partial charge in [0.25, 0.3) is 0 Å². The summed E-state index contributed by atoms with van der Waals surface area (Å²) in [4.78, 5) is 0. The molecule has 0 fully saturated rings. The third kappa shape index (κ3) is 21.2. The van der Waals surface area contributed by atoms with Gasteiger partial charge in [-0.05, 0) is 241 Å². The Hall–Kier alpha value is -3.67. The number of benzene rings is 12. The monoisotopic (exact) mass is 1510 g/mol. The van der Waals surface area contributed by atoms with Gasteiger partial charge >= 0.3 is 0 Å². The van der Waals surface area contributed by atoms with Crippen LogP contribution in [0.1, 0.15) is 0 Å². The SMILES string of the molecule is Clc1cccc(P(c2cccc(Cl)c2)c2cccc(Cl)c2)c1.Clc1cccc(P(c2cccc(Cl)c2)c2cccc(Cl)c2)c1.Clc1cccc(P(c2cccc(Cl)c2)c2cccc(Cl)c2)c1.Clc1cccc(P(c2cccc(Cl)c2)c2cccc(Cl)c2)c1.[Ni]. The normalized spacial score (nSPS) is 10.8. The van der Waals surface area contributed by atoms with E-state index in [1.54, 1.807) is 0 Å². The zero-order chi connectivity index (χ0) is 62.1. The summed E-state index contributed by atoms with van der Waals surface area (Å²) in [7, 11) is -2.99. The summed E-state index contributed by atoms with van der Waals surface area (Å²) in [6.07, 6.45) is 0. The first kappa shape index (κ1) is 71.2. The predicted molar refractivity (Wildman–Crippen MR) is 401 cm³/mol. The molecule has 12 aromatic carbocycles. The molecule has 0 N–H and O–H groups in total. The minimum absolute atomic E-state index is 0. The molecule has 0 nitrogen and oxygen atoms in total. The van der Waals surface area contributed by atoms with Crippen LogP contribution in [0.15, 0.2) is 291 Å². The molecule has 17 heteroatoms. The van der Waals surface area contributed by atoms with Crippen molar-refractivity contribution < 1.29 is 16.5 Å². The summed E-state index contributed by atoms with van der Waals surface area (Å²) in [5.74, 6) is 0. The van der Waals surface area contributed by atoms with Crippen molar-refractivity contribution >= 4 is 235 Å². The molecule has 89 heavy (non-hydrogen) atoms. The average Bonchev–Trinajstić information content (AvgIpc) is 2.34. The Morgan fingerprint density at radius 3 is 0.281 bits per heavy atom.